The molecule has 0 radical (unpaired) electrons. The minimum atomic E-state index is -1.79. The number of hydrogen-bond acceptors (Lipinski definition) is 4. The van der Waals surface area contributed by atoms with Crippen molar-refractivity contribution in [2.75, 3.05) is 4.90 Å². The van der Waals surface area contributed by atoms with Crippen LogP contribution in [0.2, 0.25) is 0 Å². The van der Waals surface area contributed by atoms with Crippen molar-refractivity contribution in [3.8, 4) is 0 Å². The van der Waals surface area contributed by atoms with Gasteiger partial charge in [-0.1, -0.05) is 42.5 Å². The molecule has 0 bridgehead atoms. The molecule has 1 unspecified atom stereocenters. The minimum absolute atomic E-state index is 0.0114. The van der Waals surface area contributed by atoms with Crippen molar-refractivity contribution in [3.63, 3.8) is 0 Å². The molecule has 0 aliphatic carbocycles. The maximum Gasteiger partial charge on any atom is 0.270 e. The molecular formula is C20H16N2O3. The largest absolute Gasteiger partial charge is 0.375 e. The van der Waals surface area contributed by atoms with Gasteiger partial charge >= 0.3 is 0 Å². The number of nitrogens with zero attached hydrogens (tertiary/aromatic N) is 2. The number of amides is 2. The van der Waals surface area contributed by atoms with Crippen molar-refractivity contribution in [3.05, 3.63) is 71.9 Å². The summed E-state index contributed by atoms with van der Waals surface area (Å²) < 4.78 is 0. The van der Waals surface area contributed by atoms with Crippen LogP contribution in [0.15, 0.2) is 60.7 Å². The first kappa shape index (κ1) is 15.5. The zero-order valence-electron chi connectivity index (χ0n) is 13.6. The molecule has 124 valence electrons. The molecule has 0 saturated heterocycles. The second-order valence-electron chi connectivity index (χ2n) is 6.21. The van der Waals surface area contributed by atoms with Crippen LogP contribution in [0, 0.1) is 0 Å². The van der Waals surface area contributed by atoms with Crippen LogP contribution in [-0.2, 0) is 21.6 Å². The van der Waals surface area contributed by atoms with E-state index < -0.39 is 17.4 Å². The lowest BCUT2D eigenvalue weighted by Crippen LogP contribution is -2.43. The van der Waals surface area contributed by atoms with Gasteiger partial charge < -0.3 is 5.11 Å². The molecule has 2 amide bonds. The Morgan fingerprint density at radius 1 is 1.08 bits per heavy atom. The molecule has 1 aliphatic rings. The van der Waals surface area contributed by atoms with E-state index in [0.717, 1.165) is 15.8 Å². The van der Waals surface area contributed by atoms with Gasteiger partial charge in [-0.3, -0.25) is 14.6 Å². The predicted molar refractivity (Wildman–Crippen MR) is 94.0 cm³/mol. The number of hydrogen-bond donors (Lipinski definition) is 1. The van der Waals surface area contributed by atoms with Crippen LogP contribution in [0.4, 0.5) is 5.69 Å². The van der Waals surface area contributed by atoms with E-state index in [4.69, 9.17) is 0 Å². The summed E-state index contributed by atoms with van der Waals surface area (Å²) in [6.07, 6.45) is 0.0114. The number of para-hydroxylation sites is 2. The van der Waals surface area contributed by atoms with Crippen LogP contribution in [0.25, 0.3) is 10.9 Å². The average Bonchev–Trinajstić information content (AvgIpc) is 2.83. The van der Waals surface area contributed by atoms with Crippen molar-refractivity contribution in [1.29, 1.82) is 0 Å². The van der Waals surface area contributed by atoms with Gasteiger partial charge in [-0.2, -0.15) is 0 Å². The van der Waals surface area contributed by atoms with Gasteiger partial charge in [0.05, 0.1) is 11.2 Å². The molecule has 1 atom stereocenters. The highest BCUT2D eigenvalue weighted by Gasteiger charge is 2.51. The fraction of sp³-hybridized carbons (Fsp3) is 0.150. The number of imide groups is 1. The molecule has 0 saturated carbocycles. The van der Waals surface area contributed by atoms with Gasteiger partial charge in [0.15, 0.2) is 5.60 Å². The zero-order chi connectivity index (χ0) is 17.6. The SMILES string of the molecule is CC(=O)N1C(=O)C(O)(Cc2ccc3ccccc3n2)c2ccccc21. The topological polar surface area (TPSA) is 70.5 Å². The first-order chi connectivity index (χ1) is 12.0. The van der Waals surface area contributed by atoms with Gasteiger partial charge in [0, 0.05) is 30.0 Å². The Labute approximate surface area is 144 Å². The summed E-state index contributed by atoms with van der Waals surface area (Å²) in [6, 6.07) is 18.2. The summed E-state index contributed by atoms with van der Waals surface area (Å²) in [5.41, 5.74) is 0.464. The first-order valence-corrected chi connectivity index (χ1v) is 8.02. The lowest BCUT2D eigenvalue weighted by atomic mass is 9.90. The van der Waals surface area contributed by atoms with Gasteiger partial charge in [-0.15, -0.1) is 0 Å². The maximum atomic E-state index is 12.8. The van der Waals surface area contributed by atoms with Crippen LogP contribution in [-0.4, -0.2) is 21.9 Å². The van der Waals surface area contributed by atoms with E-state index in [1.54, 1.807) is 30.3 Å². The minimum Gasteiger partial charge on any atom is -0.375 e. The molecule has 5 heteroatoms. The summed E-state index contributed by atoms with van der Waals surface area (Å²) >= 11 is 0. The highest BCUT2D eigenvalue weighted by atomic mass is 16.3. The molecule has 1 aromatic heterocycles. The molecule has 1 N–H and O–H groups in total. The van der Waals surface area contributed by atoms with E-state index in [9.17, 15) is 14.7 Å². The molecule has 2 heterocycles. The average molecular weight is 332 g/mol. The number of aliphatic hydroxyl groups is 1. The van der Waals surface area contributed by atoms with Crippen LogP contribution in [0.1, 0.15) is 18.2 Å². The number of benzene rings is 2. The van der Waals surface area contributed by atoms with Crippen LogP contribution < -0.4 is 4.90 Å². The number of anilines is 1. The van der Waals surface area contributed by atoms with Crippen LogP contribution in [0.3, 0.4) is 0 Å². The van der Waals surface area contributed by atoms with Crippen molar-refractivity contribution < 1.29 is 14.7 Å². The number of rotatable bonds is 2. The van der Waals surface area contributed by atoms with Crippen molar-refractivity contribution in [1.82, 2.24) is 4.98 Å². The smallest absolute Gasteiger partial charge is 0.270 e. The molecule has 25 heavy (non-hydrogen) atoms. The molecule has 3 aromatic rings. The Balaban J connectivity index is 1.80. The number of fused-ring (bicyclic) bond motifs is 2. The van der Waals surface area contributed by atoms with E-state index >= 15 is 0 Å². The number of carbonyl (C=O) groups is 2. The highest BCUT2D eigenvalue weighted by Crippen LogP contribution is 2.42. The van der Waals surface area contributed by atoms with E-state index in [0.29, 0.717) is 16.9 Å². The fourth-order valence-electron chi connectivity index (χ4n) is 3.38. The summed E-state index contributed by atoms with van der Waals surface area (Å²) in [7, 11) is 0. The van der Waals surface area contributed by atoms with E-state index in [-0.39, 0.29) is 6.42 Å². The normalized spacial score (nSPS) is 19.3. The molecule has 0 spiro atoms. The second kappa shape index (κ2) is 5.50. The lowest BCUT2D eigenvalue weighted by Gasteiger charge is -2.22. The standard InChI is InChI=1S/C20H16N2O3/c1-13(23)22-18-9-5-3-7-16(18)20(25,19(22)24)12-15-11-10-14-6-2-4-8-17(14)21-15/h2-11,25H,12H2,1H3. The summed E-state index contributed by atoms with van der Waals surface area (Å²) in [6.45, 7) is 1.31. The van der Waals surface area contributed by atoms with E-state index in [1.165, 1.54) is 6.92 Å². The monoisotopic (exact) mass is 332 g/mol. The van der Waals surface area contributed by atoms with Crippen LogP contribution >= 0.6 is 0 Å². The Morgan fingerprint density at radius 3 is 2.60 bits per heavy atom. The number of carbonyl (C=O) groups excluding carboxylic acids is 2. The lowest BCUT2D eigenvalue weighted by molar-refractivity contribution is -0.138. The van der Waals surface area contributed by atoms with Gasteiger partial charge in [0.2, 0.25) is 5.91 Å². The number of pyridine rings is 1. The van der Waals surface area contributed by atoms with E-state index in [2.05, 4.69) is 4.98 Å². The van der Waals surface area contributed by atoms with Gasteiger partial charge in [0.1, 0.15) is 0 Å². The first-order valence-electron chi connectivity index (χ1n) is 8.02. The maximum absolute atomic E-state index is 12.8. The summed E-state index contributed by atoms with van der Waals surface area (Å²) in [5, 5.41) is 12.2. The van der Waals surface area contributed by atoms with Gasteiger partial charge in [-0.25, -0.2) is 4.90 Å². The van der Waals surface area contributed by atoms with E-state index in [1.807, 2.05) is 30.3 Å². The Hall–Kier alpha value is -3.05. The molecular weight excluding hydrogens is 316 g/mol. The molecule has 5 nitrogen and oxygen atoms in total. The third kappa shape index (κ3) is 2.32. The van der Waals surface area contributed by atoms with Gasteiger partial charge in [-0.05, 0) is 18.2 Å². The third-order valence-corrected chi connectivity index (χ3v) is 4.56. The third-order valence-electron chi connectivity index (χ3n) is 4.56. The molecule has 4 rings (SSSR count). The fourth-order valence-corrected chi connectivity index (χ4v) is 3.38. The molecule has 0 fully saturated rings. The molecule has 2 aromatic carbocycles. The Kier molecular flexibility index (Phi) is 3.40. The number of aromatic nitrogens is 1. The predicted octanol–water partition coefficient (Wildman–Crippen LogP) is 2.56. The van der Waals surface area contributed by atoms with Crippen LogP contribution in [0.5, 0.6) is 0 Å². The van der Waals surface area contributed by atoms with Crippen molar-refractivity contribution in [2.24, 2.45) is 0 Å². The summed E-state index contributed by atoms with van der Waals surface area (Å²) in [4.78, 5) is 30.3. The Morgan fingerprint density at radius 2 is 1.80 bits per heavy atom. The zero-order valence-corrected chi connectivity index (χ0v) is 13.6. The van der Waals surface area contributed by atoms with Gasteiger partial charge in [0.25, 0.3) is 5.91 Å². The quantitative estimate of drug-likeness (QED) is 0.783. The summed E-state index contributed by atoms with van der Waals surface area (Å²) in [5.74, 6) is -1.05. The molecule has 1 aliphatic heterocycles. The highest BCUT2D eigenvalue weighted by molar-refractivity contribution is 6.21. The second-order valence-corrected chi connectivity index (χ2v) is 6.21. The Bertz CT molecular complexity index is 1010. The van der Waals surface area contributed by atoms with Crippen molar-refractivity contribution >= 4 is 28.4 Å². The van der Waals surface area contributed by atoms with Crippen molar-refractivity contribution in [2.45, 2.75) is 18.9 Å².